The molecule has 0 aliphatic heterocycles. The molecule has 1 heterocycles. The van der Waals surface area contributed by atoms with Crippen LogP contribution in [0.5, 0.6) is 0 Å². The fourth-order valence-corrected chi connectivity index (χ4v) is 1.46. The zero-order chi connectivity index (χ0) is 11.2. The molecule has 2 rings (SSSR count). The number of aromatic amines is 1. The number of aryl methyl sites for hydroxylation is 1. The maximum atomic E-state index is 12.3. The second kappa shape index (κ2) is 2.88. The van der Waals surface area contributed by atoms with Crippen LogP contribution < -0.4 is 5.56 Å². The van der Waals surface area contributed by atoms with E-state index in [1.807, 2.05) is 0 Å². The van der Waals surface area contributed by atoms with Crippen LogP contribution in [0.1, 0.15) is 5.56 Å². The van der Waals surface area contributed by atoms with Crippen molar-refractivity contribution in [2.45, 2.75) is 6.18 Å². The zero-order valence-corrected chi connectivity index (χ0v) is 7.72. The second-order valence-electron chi connectivity index (χ2n) is 3.23. The maximum absolute atomic E-state index is 12.3. The van der Waals surface area contributed by atoms with Gasteiger partial charge in [-0.25, -0.2) is 0 Å². The average Bonchev–Trinajstić information content (AvgIpc) is 2.41. The molecule has 0 aliphatic rings. The monoisotopic (exact) mass is 216 g/mol. The smallest absolute Gasteiger partial charge is 0.288 e. The van der Waals surface area contributed by atoms with Crippen molar-refractivity contribution in [3.05, 3.63) is 34.1 Å². The Morgan fingerprint density at radius 3 is 2.60 bits per heavy atom. The lowest BCUT2D eigenvalue weighted by Crippen LogP contribution is -2.05. The lowest BCUT2D eigenvalue weighted by molar-refractivity contribution is -0.137. The lowest BCUT2D eigenvalue weighted by atomic mass is 10.1. The summed E-state index contributed by atoms with van der Waals surface area (Å²) in [6.45, 7) is 0. The summed E-state index contributed by atoms with van der Waals surface area (Å²) in [5.41, 5.74) is -0.877. The first-order chi connectivity index (χ1) is 6.89. The predicted molar refractivity (Wildman–Crippen MR) is 48.5 cm³/mol. The van der Waals surface area contributed by atoms with E-state index in [1.54, 1.807) is 7.05 Å². The highest BCUT2D eigenvalue weighted by Gasteiger charge is 2.30. The van der Waals surface area contributed by atoms with Crippen LogP contribution in [0.4, 0.5) is 13.2 Å². The largest absolute Gasteiger partial charge is 0.416 e. The summed E-state index contributed by atoms with van der Waals surface area (Å²) in [7, 11) is 1.57. The van der Waals surface area contributed by atoms with E-state index in [9.17, 15) is 18.0 Å². The minimum atomic E-state index is -4.42. The summed E-state index contributed by atoms with van der Waals surface area (Å²) < 4.78 is 38.4. The van der Waals surface area contributed by atoms with Crippen molar-refractivity contribution in [1.82, 2.24) is 9.78 Å². The van der Waals surface area contributed by atoms with Gasteiger partial charge in [0.1, 0.15) is 0 Å². The first-order valence-electron chi connectivity index (χ1n) is 4.15. The van der Waals surface area contributed by atoms with E-state index < -0.39 is 17.3 Å². The Bertz CT molecular complexity index is 565. The number of rotatable bonds is 0. The number of fused-ring (bicyclic) bond motifs is 1. The molecular formula is C9H7F3N2O. The van der Waals surface area contributed by atoms with Crippen molar-refractivity contribution < 1.29 is 13.2 Å². The summed E-state index contributed by atoms with van der Waals surface area (Å²) in [4.78, 5) is 11.2. The zero-order valence-electron chi connectivity index (χ0n) is 7.72. The normalized spacial score (nSPS) is 12.3. The molecule has 15 heavy (non-hydrogen) atoms. The Morgan fingerprint density at radius 1 is 1.33 bits per heavy atom. The molecule has 0 aliphatic carbocycles. The van der Waals surface area contributed by atoms with Crippen molar-refractivity contribution in [1.29, 1.82) is 0 Å². The summed E-state index contributed by atoms with van der Waals surface area (Å²) in [5, 5.41) is 2.44. The van der Waals surface area contributed by atoms with Crippen molar-refractivity contribution in [3.8, 4) is 0 Å². The molecule has 0 bridgehead atoms. The summed E-state index contributed by atoms with van der Waals surface area (Å²) in [6.07, 6.45) is -4.42. The molecule has 0 fully saturated rings. The predicted octanol–water partition coefficient (Wildman–Crippen LogP) is 1.89. The van der Waals surface area contributed by atoms with E-state index in [0.717, 1.165) is 12.1 Å². The molecule has 1 aromatic carbocycles. The van der Waals surface area contributed by atoms with Crippen LogP contribution in [-0.2, 0) is 13.2 Å². The van der Waals surface area contributed by atoms with Gasteiger partial charge in [0.15, 0.2) is 0 Å². The molecular weight excluding hydrogens is 209 g/mol. The Morgan fingerprint density at radius 2 is 2.00 bits per heavy atom. The van der Waals surface area contributed by atoms with Gasteiger partial charge in [-0.2, -0.15) is 13.2 Å². The highest BCUT2D eigenvalue weighted by atomic mass is 19.4. The molecule has 0 saturated carbocycles. The van der Waals surface area contributed by atoms with Gasteiger partial charge >= 0.3 is 6.18 Å². The van der Waals surface area contributed by atoms with Crippen LogP contribution >= 0.6 is 0 Å². The number of alkyl halides is 3. The number of H-pyrrole nitrogens is 1. The van der Waals surface area contributed by atoms with Gasteiger partial charge in [-0.05, 0) is 18.2 Å². The standard InChI is InChI=1S/C9H7F3N2O/c1-14-7-3-2-5(9(10,11)12)4-6(7)8(15)13-14/h2-4H,1H3,(H,13,15). The van der Waals surface area contributed by atoms with Crippen LogP contribution in [0.2, 0.25) is 0 Å². The third kappa shape index (κ3) is 1.51. The summed E-state index contributed by atoms with van der Waals surface area (Å²) in [5.74, 6) is 0. The van der Waals surface area contributed by atoms with E-state index in [-0.39, 0.29) is 5.39 Å². The molecule has 2 aromatic rings. The van der Waals surface area contributed by atoms with E-state index in [2.05, 4.69) is 5.10 Å². The molecule has 0 radical (unpaired) electrons. The highest BCUT2D eigenvalue weighted by molar-refractivity contribution is 5.79. The minimum absolute atomic E-state index is 0.0484. The number of nitrogens with one attached hydrogen (secondary N) is 1. The number of benzene rings is 1. The fraction of sp³-hybridized carbons (Fsp3) is 0.222. The fourth-order valence-electron chi connectivity index (χ4n) is 1.46. The highest BCUT2D eigenvalue weighted by Crippen LogP contribution is 2.30. The van der Waals surface area contributed by atoms with Crippen LogP contribution in [0.3, 0.4) is 0 Å². The first-order valence-corrected chi connectivity index (χ1v) is 4.15. The second-order valence-corrected chi connectivity index (χ2v) is 3.23. The van der Waals surface area contributed by atoms with Gasteiger partial charge in [0.05, 0.1) is 16.5 Å². The summed E-state index contributed by atoms with van der Waals surface area (Å²) in [6, 6.07) is 3.08. The van der Waals surface area contributed by atoms with Crippen molar-refractivity contribution in [3.63, 3.8) is 0 Å². The van der Waals surface area contributed by atoms with Gasteiger partial charge in [-0.3, -0.25) is 14.6 Å². The van der Waals surface area contributed by atoms with E-state index in [1.165, 1.54) is 10.7 Å². The van der Waals surface area contributed by atoms with E-state index in [4.69, 9.17) is 0 Å². The number of aromatic nitrogens is 2. The maximum Gasteiger partial charge on any atom is 0.416 e. The number of nitrogens with zero attached hydrogens (tertiary/aromatic N) is 1. The molecule has 1 N–H and O–H groups in total. The van der Waals surface area contributed by atoms with Gasteiger partial charge in [0.2, 0.25) is 0 Å². The lowest BCUT2D eigenvalue weighted by Gasteiger charge is -2.05. The average molecular weight is 216 g/mol. The Hall–Kier alpha value is -1.72. The molecule has 0 saturated heterocycles. The first kappa shape index (κ1) is 9.82. The Kier molecular flexibility index (Phi) is 1.89. The quantitative estimate of drug-likeness (QED) is 0.717. The minimum Gasteiger partial charge on any atom is -0.288 e. The van der Waals surface area contributed by atoms with E-state index >= 15 is 0 Å². The van der Waals surface area contributed by atoms with Gasteiger partial charge < -0.3 is 0 Å². The number of hydrogen-bond acceptors (Lipinski definition) is 1. The molecule has 0 unspecified atom stereocenters. The number of halogens is 3. The van der Waals surface area contributed by atoms with Crippen LogP contribution in [-0.4, -0.2) is 9.78 Å². The topological polar surface area (TPSA) is 37.8 Å². The van der Waals surface area contributed by atoms with Gasteiger partial charge in [-0.15, -0.1) is 0 Å². The molecule has 3 nitrogen and oxygen atoms in total. The van der Waals surface area contributed by atoms with Crippen LogP contribution in [0.15, 0.2) is 23.0 Å². The third-order valence-electron chi connectivity index (χ3n) is 2.20. The van der Waals surface area contributed by atoms with Crippen molar-refractivity contribution in [2.24, 2.45) is 7.05 Å². The SMILES string of the molecule is Cn1[nH]c(=O)c2cc(C(F)(F)F)ccc21. The Labute approximate surface area is 82.1 Å². The molecule has 1 aromatic heterocycles. The van der Waals surface area contributed by atoms with Gasteiger partial charge in [-0.1, -0.05) is 0 Å². The molecule has 0 spiro atoms. The van der Waals surface area contributed by atoms with Crippen LogP contribution in [0.25, 0.3) is 10.9 Å². The van der Waals surface area contributed by atoms with Gasteiger partial charge in [0, 0.05) is 7.05 Å². The third-order valence-corrected chi connectivity index (χ3v) is 2.20. The molecule has 0 amide bonds. The summed E-state index contributed by atoms with van der Waals surface area (Å²) >= 11 is 0. The number of hydrogen-bond donors (Lipinski definition) is 1. The van der Waals surface area contributed by atoms with Crippen molar-refractivity contribution in [2.75, 3.05) is 0 Å². The Balaban J connectivity index is 2.77. The molecule has 80 valence electrons. The van der Waals surface area contributed by atoms with Crippen LogP contribution in [0, 0.1) is 0 Å². The molecule has 0 atom stereocenters. The van der Waals surface area contributed by atoms with Gasteiger partial charge in [0.25, 0.3) is 5.56 Å². The van der Waals surface area contributed by atoms with Crippen molar-refractivity contribution >= 4 is 10.9 Å². The molecule has 6 heteroatoms. The van der Waals surface area contributed by atoms with E-state index in [0.29, 0.717) is 5.52 Å².